The molecule has 0 bridgehead atoms. The molecule has 236 valence electrons. The lowest BCUT2D eigenvalue weighted by Gasteiger charge is -2.18. The number of fused-ring (bicyclic) bond motifs is 13. The molecule has 0 spiro atoms. The lowest BCUT2D eigenvalue weighted by atomic mass is 9.85. The van der Waals surface area contributed by atoms with E-state index < -0.39 is 0 Å². The smallest absolute Gasteiger partial charge is 0.143 e. The van der Waals surface area contributed by atoms with Crippen LogP contribution in [-0.4, -0.2) is 0 Å². The Labute approximate surface area is 295 Å². The largest absolute Gasteiger partial charge is 0.456 e. The molecule has 0 radical (unpaired) electrons. The van der Waals surface area contributed by atoms with Crippen molar-refractivity contribution in [3.63, 3.8) is 0 Å². The Bertz CT molecular complexity index is 3370. The predicted molar refractivity (Wildman–Crippen MR) is 217 cm³/mol. The van der Waals surface area contributed by atoms with Crippen LogP contribution in [0.1, 0.15) is 0 Å². The third kappa shape index (κ3) is 3.81. The van der Waals surface area contributed by atoms with Gasteiger partial charge >= 0.3 is 0 Å². The second-order valence-electron chi connectivity index (χ2n) is 13.6. The highest BCUT2D eigenvalue weighted by atomic mass is 32.1. The number of hydrogen-bond acceptors (Lipinski definition) is 3. The van der Waals surface area contributed by atoms with Gasteiger partial charge in [-0.15, -0.1) is 11.3 Å². The lowest BCUT2D eigenvalue weighted by Crippen LogP contribution is -1.90. The Kier molecular flexibility index (Phi) is 5.41. The predicted octanol–water partition coefficient (Wildman–Crippen LogP) is 14.6. The molecule has 0 amide bonds. The summed E-state index contributed by atoms with van der Waals surface area (Å²) in [5, 5.41) is 14.2. The van der Waals surface area contributed by atoms with Gasteiger partial charge in [0, 0.05) is 47.1 Å². The first-order valence-corrected chi connectivity index (χ1v) is 18.1. The van der Waals surface area contributed by atoms with Crippen molar-refractivity contribution in [3.05, 3.63) is 158 Å². The molecule has 0 unspecified atom stereocenters. The normalized spacial score (nSPS) is 12.3. The van der Waals surface area contributed by atoms with Crippen molar-refractivity contribution in [2.45, 2.75) is 0 Å². The third-order valence-corrected chi connectivity index (χ3v) is 12.0. The fourth-order valence-electron chi connectivity index (χ4n) is 8.56. The second kappa shape index (κ2) is 10.1. The molecule has 0 atom stereocenters. The van der Waals surface area contributed by atoms with Crippen LogP contribution < -0.4 is 0 Å². The van der Waals surface area contributed by atoms with E-state index in [0.717, 1.165) is 49.3 Å². The maximum absolute atomic E-state index is 6.58. The minimum atomic E-state index is 0.868. The van der Waals surface area contributed by atoms with Gasteiger partial charge in [0.25, 0.3) is 0 Å². The molecule has 3 heterocycles. The van der Waals surface area contributed by atoms with E-state index in [1.807, 2.05) is 11.3 Å². The molecule has 0 aliphatic heterocycles. The molecule has 0 saturated carbocycles. The summed E-state index contributed by atoms with van der Waals surface area (Å²) in [7, 11) is 0. The molecule has 2 nitrogen and oxygen atoms in total. The van der Waals surface area contributed by atoms with Gasteiger partial charge in [-0.25, -0.2) is 0 Å². The number of hydrogen-bond donors (Lipinski definition) is 0. The highest BCUT2D eigenvalue weighted by molar-refractivity contribution is 7.25. The molecular weight excluding hydrogens is 641 g/mol. The second-order valence-corrected chi connectivity index (χ2v) is 14.7. The first-order chi connectivity index (χ1) is 25.3. The Morgan fingerprint density at radius 3 is 1.59 bits per heavy atom. The Hall–Kier alpha value is -6.42. The highest BCUT2D eigenvalue weighted by Gasteiger charge is 2.20. The highest BCUT2D eigenvalue weighted by Crippen LogP contribution is 2.47. The quantitative estimate of drug-likeness (QED) is 0.172. The fraction of sp³-hybridized carbons (Fsp3) is 0. The van der Waals surface area contributed by atoms with Crippen molar-refractivity contribution in [2.24, 2.45) is 0 Å². The van der Waals surface area contributed by atoms with Crippen LogP contribution in [0.25, 0.3) is 119 Å². The van der Waals surface area contributed by atoms with Gasteiger partial charge in [0.2, 0.25) is 0 Å². The van der Waals surface area contributed by atoms with Crippen molar-refractivity contribution in [1.82, 2.24) is 0 Å². The Morgan fingerprint density at radius 1 is 0.314 bits per heavy atom. The molecule has 12 aromatic rings. The number of furan rings is 2. The average molecular weight is 667 g/mol. The summed E-state index contributed by atoms with van der Waals surface area (Å²) in [4.78, 5) is 0. The monoisotopic (exact) mass is 666 g/mol. The van der Waals surface area contributed by atoms with Gasteiger partial charge < -0.3 is 8.83 Å². The maximum atomic E-state index is 6.58. The summed E-state index contributed by atoms with van der Waals surface area (Å²) >= 11 is 1.87. The van der Waals surface area contributed by atoms with Crippen LogP contribution in [-0.2, 0) is 0 Å². The van der Waals surface area contributed by atoms with E-state index in [4.69, 9.17) is 8.83 Å². The van der Waals surface area contributed by atoms with E-state index in [0.29, 0.717) is 0 Å². The molecule has 12 rings (SSSR count). The summed E-state index contributed by atoms with van der Waals surface area (Å²) in [6.45, 7) is 0. The molecule has 0 aliphatic carbocycles. The van der Waals surface area contributed by atoms with E-state index in [-0.39, 0.29) is 0 Å². The zero-order valence-corrected chi connectivity index (χ0v) is 28.1. The molecule has 9 aromatic carbocycles. The average Bonchev–Trinajstić information content (AvgIpc) is 3.86. The molecular formula is C48H26O2S. The number of rotatable bonds is 2. The van der Waals surface area contributed by atoms with Crippen molar-refractivity contribution in [2.75, 3.05) is 0 Å². The van der Waals surface area contributed by atoms with Gasteiger partial charge in [0.15, 0.2) is 0 Å². The molecule has 0 fully saturated rings. The van der Waals surface area contributed by atoms with Crippen molar-refractivity contribution >= 4 is 108 Å². The van der Waals surface area contributed by atoms with Crippen LogP contribution in [0, 0.1) is 0 Å². The first-order valence-electron chi connectivity index (χ1n) is 17.3. The van der Waals surface area contributed by atoms with Crippen LogP contribution >= 0.6 is 11.3 Å². The number of benzene rings is 9. The SMILES string of the molecule is c1ccc2c(c1)ccc1c3cc4oc5ccc(-c6c7ccccc7c(-c7ccc8c(c7)sc7ccccc78)c7ccccc67)cc5c4cc3oc21. The molecule has 51 heavy (non-hydrogen) atoms. The van der Waals surface area contributed by atoms with E-state index in [9.17, 15) is 0 Å². The molecule has 3 aromatic heterocycles. The Balaban J connectivity index is 1.10. The van der Waals surface area contributed by atoms with Gasteiger partial charge in [0.05, 0.1) is 0 Å². The summed E-state index contributed by atoms with van der Waals surface area (Å²) < 4.78 is 15.7. The van der Waals surface area contributed by atoms with Gasteiger partial charge in [-0.2, -0.15) is 0 Å². The van der Waals surface area contributed by atoms with Crippen LogP contribution in [0.3, 0.4) is 0 Å². The van der Waals surface area contributed by atoms with E-state index in [2.05, 4.69) is 158 Å². The molecule has 0 aliphatic rings. The van der Waals surface area contributed by atoms with Crippen LogP contribution in [0.5, 0.6) is 0 Å². The van der Waals surface area contributed by atoms with E-state index >= 15 is 0 Å². The first kappa shape index (κ1) is 27.4. The zero-order valence-electron chi connectivity index (χ0n) is 27.2. The van der Waals surface area contributed by atoms with Crippen molar-refractivity contribution in [3.8, 4) is 22.3 Å². The van der Waals surface area contributed by atoms with Gasteiger partial charge in [-0.3, -0.25) is 0 Å². The minimum absolute atomic E-state index is 0.868. The van der Waals surface area contributed by atoms with Gasteiger partial charge in [0.1, 0.15) is 22.3 Å². The van der Waals surface area contributed by atoms with Gasteiger partial charge in [-0.05, 0) is 91.6 Å². The number of thiophene rings is 1. The van der Waals surface area contributed by atoms with Crippen molar-refractivity contribution < 1.29 is 8.83 Å². The van der Waals surface area contributed by atoms with Crippen LogP contribution in [0.4, 0.5) is 0 Å². The van der Waals surface area contributed by atoms with Crippen LogP contribution in [0.2, 0.25) is 0 Å². The zero-order chi connectivity index (χ0) is 33.2. The summed E-state index contributed by atoms with van der Waals surface area (Å²) in [6, 6.07) is 57.2. The molecule has 0 saturated heterocycles. The van der Waals surface area contributed by atoms with E-state index in [1.54, 1.807) is 0 Å². The summed E-state index contributed by atoms with van der Waals surface area (Å²) in [5.74, 6) is 0. The maximum Gasteiger partial charge on any atom is 0.143 e. The van der Waals surface area contributed by atoms with E-state index in [1.165, 1.54) is 69.4 Å². The topological polar surface area (TPSA) is 26.3 Å². The standard InChI is InChI=1S/C48H26O2S/c1-2-10-30-27(9-1)17-21-37-39-25-42-40(26-43(39)50-48(30)37)38-23-28(19-22-41(38)49-42)46-33-12-3-5-14-35(33)47(36-15-6-4-13-34(36)46)29-18-20-32-31-11-7-8-16-44(31)51-45(32)24-29/h1-26H. The fourth-order valence-corrected chi connectivity index (χ4v) is 9.71. The molecule has 0 N–H and O–H groups in total. The lowest BCUT2D eigenvalue weighted by molar-refractivity contribution is 0.665. The summed E-state index contributed by atoms with van der Waals surface area (Å²) in [5.41, 5.74) is 8.46. The molecule has 3 heteroatoms. The minimum Gasteiger partial charge on any atom is -0.456 e. The summed E-state index contributed by atoms with van der Waals surface area (Å²) in [6.07, 6.45) is 0. The van der Waals surface area contributed by atoms with Crippen molar-refractivity contribution in [1.29, 1.82) is 0 Å². The van der Waals surface area contributed by atoms with Crippen LogP contribution in [0.15, 0.2) is 167 Å². The Morgan fingerprint density at radius 2 is 0.843 bits per heavy atom. The van der Waals surface area contributed by atoms with Gasteiger partial charge in [-0.1, -0.05) is 115 Å². The third-order valence-electron chi connectivity index (χ3n) is 10.8.